The van der Waals surface area contributed by atoms with Crippen molar-refractivity contribution in [2.75, 3.05) is 18.1 Å². The second kappa shape index (κ2) is 5.59. The molecule has 0 bridgehead atoms. The van der Waals surface area contributed by atoms with E-state index < -0.39 is 0 Å². The molecule has 17 heavy (non-hydrogen) atoms. The largest absolute Gasteiger partial charge is 0.374 e. The van der Waals surface area contributed by atoms with E-state index in [2.05, 4.69) is 5.32 Å². The molecule has 1 spiro atoms. The summed E-state index contributed by atoms with van der Waals surface area (Å²) in [6.07, 6.45) is 3.69. The molecular formula is C12H22N2O2S. The molecule has 2 rings (SSSR count). The molecule has 98 valence electrons. The quantitative estimate of drug-likeness (QED) is 0.786. The number of rotatable bonds is 4. The van der Waals surface area contributed by atoms with Crippen LogP contribution < -0.4 is 11.1 Å². The molecule has 1 amide bonds. The van der Waals surface area contributed by atoms with E-state index in [-0.39, 0.29) is 17.6 Å². The molecule has 2 aliphatic heterocycles. The average Bonchev–Trinajstić information content (AvgIpc) is 2.64. The number of carbonyl (C=O) groups is 1. The molecule has 0 aromatic carbocycles. The van der Waals surface area contributed by atoms with Crippen LogP contribution in [0.1, 0.15) is 32.6 Å². The smallest absolute Gasteiger partial charge is 0.218 e. The maximum Gasteiger partial charge on any atom is 0.218 e. The molecule has 0 aromatic heterocycles. The summed E-state index contributed by atoms with van der Waals surface area (Å²) in [6, 6.07) is 0.638. The molecular weight excluding hydrogens is 236 g/mol. The Hall–Kier alpha value is -0.260. The number of nitrogens with one attached hydrogen (secondary N) is 1. The summed E-state index contributed by atoms with van der Waals surface area (Å²) in [6.45, 7) is 2.86. The highest BCUT2D eigenvalue weighted by molar-refractivity contribution is 7.99. The fourth-order valence-electron chi connectivity index (χ4n) is 2.80. The van der Waals surface area contributed by atoms with Crippen molar-refractivity contribution in [1.82, 2.24) is 5.32 Å². The standard InChI is InChI=1S/C12H22N2O2S/c1-9(6-11(13)15)14-10-2-4-16-12(7-10)3-5-17-8-12/h9-10,14H,2-8H2,1H3,(H2,13,15). The van der Waals surface area contributed by atoms with E-state index in [4.69, 9.17) is 10.5 Å². The lowest BCUT2D eigenvalue weighted by Gasteiger charge is -2.39. The molecule has 3 atom stereocenters. The third-order valence-electron chi connectivity index (χ3n) is 3.59. The van der Waals surface area contributed by atoms with E-state index in [1.54, 1.807) is 0 Å². The van der Waals surface area contributed by atoms with Gasteiger partial charge in [0, 0.05) is 30.9 Å². The first-order chi connectivity index (χ1) is 8.10. The van der Waals surface area contributed by atoms with Crippen LogP contribution in [0.15, 0.2) is 0 Å². The van der Waals surface area contributed by atoms with Gasteiger partial charge in [0.25, 0.3) is 0 Å². The van der Waals surface area contributed by atoms with Crippen LogP contribution in [0.3, 0.4) is 0 Å². The zero-order chi connectivity index (χ0) is 12.3. The molecule has 0 aromatic rings. The van der Waals surface area contributed by atoms with Gasteiger partial charge in [-0.15, -0.1) is 0 Å². The van der Waals surface area contributed by atoms with Gasteiger partial charge in [-0.3, -0.25) is 4.79 Å². The lowest BCUT2D eigenvalue weighted by Crippen LogP contribution is -2.49. The summed E-state index contributed by atoms with van der Waals surface area (Å²) < 4.78 is 5.97. The Kier molecular flexibility index (Phi) is 4.33. The minimum atomic E-state index is -0.233. The number of thioether (sulfide) groups is 1. The van der Waals surface area contributed by atoms with E-state index in [0.29, 0.717) is 12.5 Å². The summed E-state index contributed by atoms with van der Waals surface area (Å²) in [7, 11) is 0. The number of hydrogen-bond donors (Lipinski definition) is 2. The normalized spacial score (nSPS) is 35.0. The van der Waals surface area contributed by atoms with Gasteiger partial charge in [-0.05, 0) is 31.9 Å². The highest BCUT2D eigenvalue weighted by atomic mass is 32.2. The van der Waals surface area contributed by atoms with Crippen LogP contribution in [-0.4, -0.2) is 41.7 Å². The molecule has 3 N–H and O–H groups in total. The Bertz CT molecular complexity index is 280. The van der Waals surface area contributed by atoms with E-state index in [0.717, 1.165) is 25.2 Å². The molecule has 2 fully saturated rings. The van der Waals surface area contributed by atoms with Crippen LogP contribution in [0, 0.1) is 0 Å². The third kappa shape index (κ3) is 3.60. The Balaban J connectivity index is 1.83. The van der Waals surface area contributed by atoms with Gasteiger partial charge < -0.3 is 15.8 Å². The van der Waals surface area contributed by atoms with Crippen LogP contribution in [0.25, 0.3) is 0 Å². The van der Waals surface area contributed by atoms with Gasteiger partial charge in [-0.1, -0.05) is 0 Å². The molecule has 0 aliphatic carbocycles. The topological polar surface area (TPSA) is 64.4 Å². The van der Waals surface area contributed by atoms with Crippen molar-refractivity contribution in [1.29, 1.82) is 0 Å². The van der Waals surface area contributed by atoms with Gasteiger partial charge in [0.2, 0.25) is 5.91 Å². The second-order valence-electron chi connectivity index (χ2n) is 5.26. The van der Waals surface area contributed by atoms with E-state index in [9.17, 15) is 4.79 Å². The van der Waals surface area contributed by atoms with Gasteiger partial charge >= 0.3 is 0 Å². The first-order valence-corrected chi connectivity index (χ1v) is 7.51. The molecule has 5 heteroatoms. The second-order valence-corrected chi connectivity index (χ2v) is 6.37. The lowest BCUT2D eigenvalue weighted by molar-refractivity contribution is -0.118. The summed E-state index contributed by atoms with van der Waals surface area (Å²) in [5.41, 5.74) is 5.31. The van der Waals surface area contributed by atoms with Crippen molar-refractivity contribution < 1.29 is 9.53 Å². The first kappa shape index (κ1) is 13.2. The van der Waals surface area contributed by atoms with Crippen molar-refractivity contribution in [3.8, 4) is 0 Å². The number of nitrogens with two attached hydrogens (primary N) is 1. The Morgan fingerprint density at radius 1 is 1.71 bits per heavy atom. The molecule has 2 aliphatic rings. The van der Waals surface area contributed by atoms with Gasteiger partial charge in [0.15, 0.2) is 0 Å². The fourth-order valence-corrected chi connectivity index (χ4v) is 4.17. The monoisotopic (exact) mass is 258 g/mol. The van der Waals surface area contributed by atoms with Gasteiger partial charge in [0.05, 0.1) is 5.60 Å². The molecule has 2 heterocycles. The summed E-state index contributed by atoms with van der Waals surface area (Å²) in [5, 5.41) is 3.51. The van der Waals surface area contributed by atoms with Crippen LogP contribution in [0.4, 0.5) is 0 Å². The van der Waals surface area contributed by atoms with Crippen molar-refractivity contribution in [2.24, 2.45) is 5.73 Å². The zero-order valence-corrected chi connectivity index (χ0v) is 11.2. The van der Waals surface area contributed by atoms with Gasteiger partial charge in [0.1, 0.15) is 0 Å². The third-order valence-corrected chi connectivity index (χ3v) is 4.81. The van der Waals surface area contributed by atoms with E-state index in [1.165, 1.54) is 12.2 Å². The van der Waals surface area contributed by atoms with Crippen LogP contribution in [0.5, 0.6) is 0 Å². The molecule has 0 radical (unpaired) electrons. The summed E-state index contributed by atoms with van der Waals surface area (Å²) in [5.74, 6) is 2.10. The molecule has 4 nitrogen and oxygen atoms in total. The molecule has 0 saturated carbocycles. The van der Waals surface area contributed by atoms with Crippen LogP contribution in [-0.2, 0) is 9.53 Å². The van der Waals surface area contributed by atoms with Crippen molar-refractivity contribution in [3.63, 3.8) is 0 Å². The number of ether oxygens (including phenoxy) is 1. The Morgan fingerprint density at radius 3 is 3.18 bits per heavy atom. The zero-order valence-electron chi connectivity index (χ0n) is 10.4. The predicted octanol–water partition coefficient (Wildman–Crippen LogP) is 0.895. The highest BCUT2D eigenvalue weighted by Crippen LogP contribution is 2.38. The number of amides is 1. The van der Waals surface area contributed by atoms with Gasteiger partial charge in [-0.25, -0.2) is 0 Å². The van der Waals surface area contributed by atoms with E-state index in [1.807, 2.05) is 18.7 Å². The van der Waals surface area contributed by atoms with E-state index >= 15 is 0 Å². The van der Waals surface area contributed by atoms with Crippen LogP contribution in [0.2, 0.25) is 0 Å². The van der Waals surface area contributed by atoms with Crippen molar-refractivity contribution in [2.45, 2.75) is 50.3 Å². The lowest BCUT2D eigenvalue weighted by atomic mass is 9.89. The molecule has 3 unspecified atom stereocenters. The SMILES string of the molecule is CC(CC(N)=O)NC1CCOC2(CCSC2)C1. The number of carbonyl (C=O) groups excluding carboxylic acids is 1. The molecule has 2 saturated heterocycles. The first-order valence-electron chi connectivity index (χ1n) is 6.36. The van der Waals surface area contributed by atoms with Crippen LogP contribution >= 0.6 is 11.8 Å². The number of primary amides is 1. The minimum Gasteiger partial charge on any atom is -0.374 e. The average molecular weight is 258 g/mol. The van der Waals surface area contributed by atoms with Crippen molar-refractivity contribution >= 4 is 17.7 Å². The fraction of sp³-hybridized carbons (Fsp3) is 0.917. The van der Waals surface area contributed by atoms with Crippen molar-refractivity contribution in [3.05, 3.63) is 0 Å². The number of hydrogen-bond acceptors (Lipinski definition) is 4. The Labute approximate surface area is 107 Å². The predicted molar refractivity (Wildman–Crippen MR) is 70.1 cm³/mol. The highest BCUT2D eigenvalue weighted by Gasteiger charge is 2.40. The summed E-state index contributed by atoms with van der Waals surface area (Å²) in [4.78, 5) is 10.9. The summed E-state index contributed by atoms with van der Waals surface area (Å²) >= 11 is 1.98. The van der Waals surface area contributed by atoms with Gasteiger partial charge in [-0.2, -0.15) is 11.8 Å². The minimum absolute atomic E-state index is 0.104. The Morgan fingerprint density at radius 2 is 2.53 bits per heavy atom. The maximum absolute atomic E-state index is 10.9. The maximum atomic E-state index is 10.9.